The Morgan fingerprint density at radius 1 is 1.32 bits per heavy atom. The first-order valence-corrected chi connectivity index (χ1v) is 13.3. The maximum atomic E-state index is 13.9. The van der Waals surface area contributed by atoms with Gasteiger partial charge in [-0.15, -0.1) is 11.6 Å². The lowest BCUT2D eigenvalue weighted by atomic mass is 10.0. The highest BCUT2D eigenvalue weighted by atomic mass is 35.5. The molecule has 0 spiro atoms. The minimum Gasteiger partial charge on any atom is -0.462 e. The van der Waals surface area contributed by atoms with Gasteiger partial charge in [0.1, 0.15) is 28.9 Å². The SMILES string of the molecule is CC(C)OC(=O)C(C)NP(=O)(OCC1OC(N2C=C(F)C(=O)NC2O)C(C)(Cl)C1O)Oc1ccccc1. The molecule has 37 heavy (non-hydrogen) atoms. The fourth-order valence-electron chi connectivity index (χ4n) is 3.60. The number of halogens is 2. The fourth-order valence-corrected chi connectivity index (χ4v) is 5.40. The summed E-state index contributed by atoms with van der Waals surface area (Å²) in [6.07, 6.45) is -5.43. The normalized spacial score (nSPS) is 30.4. The van der Waals surface area contributed by atoms with Gasteiger partial charge in [-0.05, 0) is 39.8 Å². The number of carbonyl (C=O) groups excluding carboxylic acids is 2. The molecule has 206 valence electrons. The summed E-state index contributed by atoms with van der Waals surface area (Å²) in [4.78, 5) is 23.0. The zero-order valence-corrected chi connectivity index (χ0v) is 22.2. The number of esters is 1. The predicted molar refractivity (Wildman–Crippen MR) is 129 cm³/mol. The van der Waals surface area contributed by atoms with Gasteiger partial charge in [0.05, 0.1) is 12.7 Å². The van der Waals surface area contributed by atoms with E-state index >= 15 is 0 Å². The lowest BCUT2D eigenvalue weighted by Gasteiger charge is -2.39. The number of ether oxygens (including phenoxy) is 2. The van der Waals surface area contributed by atoms with Crippen LogP contribution in [0.4, 0.5) is 4.39 Å². The average molecular weight is 566 g/mol. The van der Waals surface area contributed by atoms with Crippen LogP contribution < -0.4 is 14.9 Å². The van der Waals surface area contributed by atoms with E-state index in [1.165, 1.54) is 26.0 Å². The van der Waals surface area contributed by atoms with Crippen LogP contribution in [0.5, 0.6) is 5.75 Å². The maximum Gasteiger partial charge on any atom is 0.459 e. The van der Waals surface area contributed by atoms with Gasteiger partial charge in [0.2, 0.25) is 12.2 Å². The van der Waals surface area contributed by atoms with Crippen LogP contribution in [0, 0.1) is 0 Å². The fraction of sp³-hybridized carbons (Fsp3) is 0.545. The molecular weight excluding hydrogens is 536 g/mol. The number of aliphatic hydroxyl groups is 2. The van der Waals surface area contributed by atoms with Crippen molar-refractivity contribution in [3.8, 4) is 5.75 Å². The van der Waals surface area contributed by atoms with Crippen molar-refractivity contribution in [1.82, 2.24) is 15.3 Å². The first kappa shape index (κ1) is 29.3. The minimum atomic E-state index is -4.27. The summed E-state index contributed by atoms with van der Waals surface area (Å²) in [5.41, 5.74) is 0. The second kappa shape index (κ2) is 11.6. The number of alkyl halides is 1. The second-order valence-corrected chi connectivity index (χ2v) is 11.4. The molecule has 4 N–H and O–H groups in total. The standard InChI is InChI=1S/C22H30ClFN3O9P/c1-12(2)34-19(30)13(3)26-37(32,36-14-8-6-5-7-9-14)33-11-16-17(28)22(4,23)20(35-16)27-10-15(24)18(29)25-21(27)31/h5-10,12-13,16-17,20-21,28,31H,11H2,1-4H3,(H,25,29)(H,26,32). The molecular formula is C22H30ClFN3O9P. The number of carbonyl (C=O) groups is 2. The lowest BCUT2D eigenvalue weighted by Crippen LogP contribution is -2.58. The number of benzene rings is 1. The Bertz CT molecular complexity index is 1060. The zero-order chi connectivity index (χ0) is 27.5. The van der Waals surface area contributed by atoms with Gasteiger partial charge in [0, 0.05) is 6.20 Å². The number of hydrogen-bond acceptors (Lipinski definition) is 10. The summed E-state index contributed by atoms with van der Waals surface area (Å²) in [6, 6.07) is 6.94. The van der Waals surface area contributed by atoms with Gasteiger partial charge in [-0.2, -0.15) is 9.48 Å². The van der Waals surface area contributed by atoms with Crippen molar-refractivity contribution < 1.29 is 47.3 Å². The molecule has 1 aromatic rings. The van der Waals surface area contributed by atoms with Crippen LogP contribution in [0.1, 0.15) is 27.7 Å². The summed E-state index contributed by atoms with van der Waals surface area (Å²) >= 11 is 6.49. The molecule has 12 nitrogen and oxygen atoms in total. The summed E-state index contributed by atoms with van der Waals surface area (Å²) < 4.78 is 49.5. The molecule has 7 atom stereocenters. The molecule has 0 saturated carbocycles. The van der Waals surface area contributed by atoms with E-state index in [1.54, 1.807) is 32.0 Å². The number of nitrogens with one attached hydrogen (secondary N) is 2. The number of amides is 1. The Hall–Kier alpha value is -2.25. The molecule has 0 aliphatic carbocycles. The topological polar surface area (TPSA) is 156 Å². The first-order chi connectivity index (χ1) is 17.2. The number of para-hydroxylation sites is 1. The molecule has 1 saturated heterocycles. The number of hydrogen-bond donors (Lipinski definition) is 4. The molecule has 7 unspecified atom stereocenters. The third kappa shape index (κ3) is 6.99. The largest absolute Gasteiger partial charge is 0.462 e. The van der Waals surface area contributed by atoms with Gasteiger partial charge in [-0.25, -0.2) is 4.57 Å². The van der Waals surface area contributed by atoms with Crippen molar-refractivity contribution >= 4 is 31.2 Å². The highest BCUT2D eigenvalue weighted by Gasteiger charge is 2.56. The molecule has 1 aromatic carbocycles. The molecule has 1 fully saturated rings. The predicted octanol–water partition coefficient (Wildman–Crippen LogP) is 1.72. The maximum absolute atomic E-state index is 13.9. The molecule has 15 heteroatoms. The summed E-state index contributed by atoms with van der Waals surface area (Å²) in [5.74, 6) is -2.86. The summed E-state index contributed by atoms with van der Waals surface area (Å²) in [6.45, 7) is 5.55. The zero-order valence-electron chi connectivity index (χ0n) is 20.5. The van der Waals surface area contributed by atoms with Gasteiger partial charge >= 0.3 is 13.7 Å². The van der Waals surface area contributed by atoms with Crippen LogP contribution in [0.15, 0.2) is 42.4 Å². The van der Waals surface area contributed by atoms with Crippen molar-refractivity contribution in [2.24, 2.45) is 0 Å². The Kier molecular flexibility index (Phi) is 9.23. The summed E-state index contributed by atoms with van der Waals surface area (Å²) in [5, 5.41) is 25.5. The van der Waals surface area contributed by atoms with Crippen LogP contribution in [0.25, 0.3) is 0 Å². The highest BCUT2D eigenvalue weighted by Crippen LogP contribution is 2.47. The van der Waals surface area contributed by atoms with E-state index in [-0.39, 0.29) is 5.75 Å². The van der Waals surface area contributed by atoms with E-state index in [4.69, 9.17) is 30.1 Å². The number of rotatable bonds is 10. The van der Waals surface area contributed by atoms with Crippen LogP contribution in [0.3, 0.4) is 0 Å². The minimum absolute atomic E-state index is 0.170. The van der Waals surface area contributed by atoms with Crippen LogP contribution in [0.2, 0.25) is 0 Å². The van der Waals surface area contributed by atoms with Gasteiger partial charge < -0.3 is 34.4 Å². The van der Waals surface area contributed by atoms with Crippen LogP contribution in [-0.2, 0) is 28.2 Å². The van der Waals surface area contributed by atoms with Crippen molar-refractivity contribution in [3.63, 3.8) is 0 Å². The molecule has 2 aliphatic rings. The molecule has 2 heterocycles. The lowest BCUT2D eigenvalue weighted by molar-refractivity contribution is -0.149. The van der Waals surface area contributed by atoms with E-state index in [0.29, 0.717) is 6.20 Å². The van der Waals surface area contributed by atoms with Crippen LogP contribution in [-0.4, -0.2) is 75.4 Å². The third-order valence-corrected chi connectivity index (χ3v) is 7.50. The molecule has 0 aromatic heterocycles. The average Bonchev–Trinajstić information content (AvgIpc) is 3.03. The summed E-state index contributed by atoms with van der Waals surface area (Å²) in [7, 11) is -4.27. The van der Waals surface area contributed by atoms with Crippen LogP contribution >= 0.6 is 19.3 Å². The smallest absolute Gasteiger partial charge is 0.459 e. The molecule has 0 bridgehead atoms. The van der Waals surface area contributed by atoms with Crippen molar-refractivity contribution in [1.29, 1.82) is 0 Å². The number of nitrogens with zero attached hydrogens (tertiary/aromatic N) is 1. The molecule has 3 rings (SSSR count). The van der Waals surface area contributed by atoms with Crippen molar-refractivity contribution in [2.75, 3.05) is 6.61 Å². The Morgan fingerprint density at radius 2 is 1.97 bits per heavy atom. The molecule has 0 radical (unpaired) electrons. The number of aliphatic hydroxyl groups excluding tert-OH is 2. The molecule has 1 amide bonds. The monoisotopic (exact) mass is 565 g/mol. The Morgan fingerprint density at radius 3 is 2.59 bits per heavy atom. The van der Waals surface area contributed by atoms with E-state index in [0.717, 1.165) is 4.90 Å². The third-order valence-electron chi connectivity index (χ3n) is 5.44. The quantitative estimate of drug-likeness (QED) is 0.186. The van der Waals surface area contributed by atoms with Crippen molar-refractivity contribution in [2.45, 2.75) is 69.5 Å². The Labute approximate surface area is 218 Å². The van der Waals surface area contributed by atoms with E-state index in [9.17, 15) is 28.8 Å². The van der Waals surface area contributed by atoms with Gasteiger partial charge in [0.25, 0.3) is 5.91 Å². The van der Waals surface area contributed by atoms with Gasteiger partial charge in [0.15, 0.2) is 6.23 Å². The van der Waals surface area contributed by atoms with Gasteiger partial charge in [-0.1, -0.05) is 18.2 Å². The first-order valence-electron chi connectivity index (χ1n) is 11.4. The highest BCUT2D eigenvalue weighted by molar-refractivity contribution is 7.52. The van der Waals surface area contributed by atoms with E-state index in [2.05, 4.69) is 5.09 Å². The second-order valence-electron chi connectivity index (χ2n) is 8.93. The Balaban J connectivity index is 1.77. The van der Waals surface area contributed by atoms with E-state index in [1.807, 2.05) is 5.32 Å². The van der Waals surface area contributed by atoms with Crippen molar-refractivity contribution in [3.05, 3.63) is 42.4 Å². The molecule has 2 aliphatic heterocycles. The van der Waals surface area contributed by atoms with Gasteiger partial charge in [-0.3, -0.25) is 14.1 Å². The van der Waals surface area contributed by atoms with E-state index < -0.39 is 73.9 Å².